The van der Waals surface area contributed by atoms with E-state index in [4.69, 9.17) is 19.4 Å². The number of benzene rings is 1. The molecule has 75 heavy (non-hydrogen) atoms. The molecule has 3 fully saturated rings. The van der Waals surface area contributed by atoms with Gasteiger partial charge in [0.1, 0.15) is 24.7 Å². The highest BCUT2D eigenvalue weighted by Crippen LogP contribution is 2.44. The second-order valence-corrected chi connectivity index (χ2v) is 24.8. The third-order valence-electron chi connectivity index (χ3n) is 14.9. The number of esters is 1. The normalized spacial score (nSPS) is 22.9. The number of aromatic nitrogens is 3. The molecule has 6 bridgehead atoms. The smallest absolute Gasteiger partial charge is 0.406 e. The minimum Gasteiger partial charge on any atom is -0.464 e. The lowest BCUT2D eigenvalue weighted by atomic mass is 9.74. The largest absolute Gasteiger partial charge is 0.464 e. The second kappa shape index (κ2) is 22.3. The quantitative estimate of drug-likeness (QED) is 0.145. The lowest BCUT2D eigenvalue weighted by molar-refractivity contribution is -0.155. The van der Waals surface area contributed by atoms with Gasteiger partial charge >= 0.3 is 12.1 Å². The van der Waals surface area contributed by atoms with Crippen molar-refractivity contribution in [1.82, 2.24) is 40.1 Å². The number of carbonyl (C=O) groups is 4. The summed E-state index contributed by atoms with van der Waals surface area (Å²) in [6, 6.07) is 4.07. The van der Waals surface area contributed by atoms with Crippen LogP contribution in [0.15, 0.2) is 47.3 Å². The number of halogens is 3. The lowest BCUT2D eigenvalue weighted by Gasteiger charge is -2.39. The average Bonchev–Trinajstić information content (AvgIpc) is 3.92. The molecule has 4 aliphatic rings. The molecule has 0 spiro atoms. The Morgan fingerprint density at radius 2 is 1.81 bits per heavy atom. The molecule has 3 amide bonds. The number of piperazine rings is 1. The summed E-state index contributed by atoms with van der Waals surface area (Å²) in [4.78, 5) is 72.7. The van der Waals surface area contributed by atoms with Crippen LogP contribution in [0.2, 0.25) is 0 Å². The fourth-order valence-electron chi connectivity index (χ4n) is 10.7. The van der Waals surface area contributed by atoms with E-state index in [1.807, 2.05) is 45.3 Å². The molecule has 2 N–H and O–H groups in total. The summed E-state index contributed by atoms with van der Waals surface area (Å²) in [6.45, 7) is 11.1. The summed E-state index contributed by atoms with van der Waals surface area (Å²) < 4.78 is 81.7. The summed E-state index contributed by atoms with van der Waals surface area (Å²) in [5.74, 6) is -2.85. The summed E-state index contributed by atoms with van der Waals surface area (Å²) in [6.07, 6.45) is 1.01. The Balaban J connectivity index is 1.20. The summed E-state index contributed by atoms with van der Waals surface area (Å²) in [7, 11) is 1.82. The van der Waals surface area contributed by atoms with Crippen molar-refractivity contribution in [3.8, 4) is 22.5 Å². The molecule has 0 unspecified atom stereocenters. The van der Waals surface area contributed by atoms with Crippen molar-refractivity contribution in [3.05, 3.63) is 63.6 Å². The Labute approximate surface area is 441 Å². The SMILES string of the molecule is CO[C@@H](C)c1ncc(N2CCN(C)CC2)cc1-c1c2c3cc(ccc3n1CC(F)(F)F)-c1csc(n1)C[C@H](NC(=O)[C@H](C(C)C)N(C)C(=O)C1CC(/C=C/S(C)(=O)=O)C1)C(=O)N1CCC[C@H](N1)C(=O)OCC(C)(C)C2. The van der Waals surface area contributed by atoms with Crippen LogP contribution in [-0.2, 0) is 57.9 Å². The molecule has 3 aromatic heterocycles. The van der Waals surface area contributed by atoms with Crippen LogP contribution in [0.3, 0.4) is 0 Å². The molecule has 1 aliphatic carbocycles. The number of anilines is 1. The Morgan fingerprint density at radius 3 is 2.48 bits per heavy atom. The first kappa shape index (κ1) is 55.8. The molecule has 4 atom stereocenters. The van der Waals surface area contributed by atoms with E-state index in [0.717, 1.165) is 30.4 Å². The number of allylic oxidation sites excluding steroid dienone is 1. The van der Waals surface area contributed by atoms with Gasteiger partial charge in [0.25, 0.3) is 5.91 Å². The Hall–Kier alpha value is -5.42. The average molecular weight is 1080 g/mol. The summed E-state index contributed by atoms with van der Waals surface area (Å²) in [5.41, 5.74) is 6.37. The van der Waals surface area contributed by atoms with Crippen molar-refractivity contribution in [3.63, 3.8) is 0 Å². The molecule has 1 aromatic carbocycles. The minimum absolute atomic E-state index is 0.0626. The lowest BCUT2D eigenvalue weighted by Crippen LogP contribution is -2.62. The van der Waals surface area contributed by atoms with Crippen molar-refractivity contribution >= 4 is 61.5 Å². The van der Waals surface area contributed by atoms with Crippen molar-refractivity contribution < 1.29 is 50.2 Å². The monoisotopic (exact) mass is 1080 g/mol. The van der Waals surface area contributed by atoms with Gasteiger partial charge in [-0.15, -0.1) is 11.3 Å². The molecule has 6 heterocycles. The first-order valence-electron chi connectivity index (χ1n) is 25.6. The number of fused-ring (bicyclic) bond motifs is 6. The zero-order chi connectivity index (χ0) is 54.3. The fourth-order valence-corrected chi connectivity index (χ4v) is 12.1. The van der Waals surface area contributed by atoms with Gasteiger partial charge < -0.3 is 34.1 Å². The van der Waals surface area contributed by atoms with E-state index < -0.39 is 75.9 Å². The van der Waals surface area contributed by atoms with Crippen molar-refractivity contribution in [2.45, 2.75) is 110 Å². The van der Waals surface area contributed by atoms with E-state index in [2.05, 4.69) is 20.5 Å². The molecule has 8 rings (SSSR count). The predicted octanol–water partition coefficient (Wildman–Crippen LogP) is 6.56. The number of cyclic esters (lactones) is 1. The number of likely N-dealkylation sites (N-methyl/N-ethyl adjacent to an activating group) is 2. The number of amides is 3. The van der Waals surface area contributed by atoms with Crippen LogP contribution in [-0.4, -0.2) is 153 Å². The number of hydrazine groups is 1. The highest BCUT2D eigenvalue weighted by atomic mass is 32.2. The molecule has 3 aliphatic heterocycles. The predicted molar refractivity (Wildman–Crippen MR) is 281 cm³/mol. The van der Waals surface area contributed by atoms with Crippen molar-refractivity contribution in [2.24, 2.45) is 23.2 Å². The Bertz CT molecular complexity index is 2930. The van der Waals surface area contributed by atoms with E-state index in [-0.39, 0.29) is 43.7 Å². The highest BCUT2D eigenvalue weighted by Gasteiger charge is 2.42. The van der Waals surface area contributed by atoms with E-state index in [9.17, 15) is 27.6 Å². The number of methoxy groups -OCH3 is 1. The van der Waals surface area contributed by atoms with Gasteiger partial charge in [0, 0.05) is 104 Å². The van der Waals surface area contributed by atoms with Crippen LogP contribution in [0.1, 0.15) is 82.7 Å². The van der Waals surface area contributed by atoms with E-state index in [1.165, 1.54) is 32.9 Å². The maximum Gasteiger partial charge on any atom is 0.406 e. The topological polar surface area (TPSA) is 189 Å². The number of nitrogens with zero attached hydrogens (tertiary/aromatic N) is 7. The number of pyridine rings is 1. The van der Waals surface area contributed by atoms with Crippen LogP contribution in [0.4, 0.5) is 18.9 Å². The maximum absolute atomic E-state index is 15.0. The first-order chi connectivity index (χ1) is 35.3. The van der Waals surface area contributed by atoms with E-state index >= 15 is 13.2 Å². The molecule has 17 nitrogen and oxygen atoms in total. The van der Waals surface area contributed by atoms with Crippen LogP contribution >= 0.6 is 11.3 Å². The molecular weight excluding hydrogens is 1010 g/mol. The molecule has 22 heteroatoms. The van der Waals surface area contributed by atoms with E-state index in [1.54, 1.807) is 45.3 Å². The van der Waals surface area contributed by atoms with Gasteiger partial charge in [0.05, 0.1) is 46.7 Å². The number of hydrogen-bond donors (Lipinski definition) is 2. The second-order valence-electron chi connectivity index (χ2n) is 21.9. The molecule has 4 aromatic rings. The Kier molecular flexibility index (Phi) is 16.6. The highest BCUT2D eigenvalue weighted by molar-refractivity contribution is 7.93. The molecule has 0 radical (unpaired) electrons. The fraction of sp³-hybridized carbons (Fsp3) is 0.585. The number of hydrogen-bond acceptors (Lipinski definition) is 14. The van der Waals surface area contributed by atoms with Crippen LogP contribution in [0.25, 0.3) is 33.4 Å². The molecule has 1 saturated carbocycles. The van der Waals surface area contributed by atoms with Crippen molar-refractivity contribution in [2.75, 3.05) is 71.7 Å². The number of rotatable bonds is 12. The standard InChI is InChI=1S/C53H70F3N9O8S2/c1-31(2)46(62(7)49(67)35-21-33(22-35)14-20-75(9,70)71)48(66)59-41-25-44-58-42(28-74-44)34-12-13-43-37(23-34)39(26-52(4,5)30-73-51(69)40-11-10-15-65(60-40)50(41)68)47(64(43)29-53(54,55)56)38-24-36(27-57-45(38)32(3)72-8)63-18-16-61(6)17-19-63/h12-14,20,23-24,27-28,31-33,35,40-41,46,60H,10-11,15-19,21-22,25-26,29-30H2,1-9H3,(H,59,66)/b20-14+/t32-,33?,35?,40-,41-,46-/m0/s1. The van der Waals surface area contributed by atoms with Gasteiger partial charge in [0.15, 0.2) is 9.84 Å². The zero-order valence-corrected chi connectivity index (χ0v) is 45.8. The van der Waals surface area contributed by atoms with Gasteiger partial charge in [-0.25, -0.2) is 18.8 Å². The summed E-state index contributed by atoms with van der Waals surface area (Å²) >= 11 is 1.26. The third-order valence-corrected chi connectivity index (χ3v) is 16.4. The first-order valence-corrected chi connectivity index (χ1v) is 28.5. The number of sulfone groups is 1. The maximum atomic E-state index is 15.0. The van der Waals surface area contributed by atoms with Gasteiger partial charge in [-0.1, -0.05) is 39.8 Å². The number of alkyl halides is 3. The van der Waals surface area contributed by atoms with Gasteiger partial charge in [0.2, 0.25) is 11.8 Å². The van der Waals surface area contributed by atoms with Crippen molar-refractivity contribution in [1.29, 1.82) is 0 Å². The van der Waals surface area contributed by atoms with Gasteiger partial charge in [-0.2, -0.15) is 13.2 Å². The Morgan fingerprint density at radius 1 is 1.09 bits per heavy atom. The number of thiazole rings is 1. The van der Waals surface area contributed by atoms with Gasteiger partial charge in [-0.3, -0.25) is 29.2 Å². The van der Waals surface area contributed by atoms with Gasteiger partial charge in [-0.05, 0) is 81.7 Å². The minimum atomic E-state index is -4.63. The number of ether oxygens (including phenoxy) is 2. The summed E-state index contributed by atoms with van der Waals surface area (Å²) in [5, 5.41) is 8.27. The molecule has 408 valence electrons. The molecular formula is C53H70F3N9O8S2. The van der Waals surface area contributed by atoms with Crippen LogP contribution in [0.5, 0.6) is 0 Å². The third kappa shape index (κ3) is 12.9. The number of nitrogens with one attached hydrogen (secondary N) is 2. The zero-order valence-electron chi connectivity index (χ0n) is 44.2. The molecule has 2 saturated heterocycles. The van der Waals surface area contributed by atoms with Crippen LogP contribution < -0.4 is 15.6 Å². The van der Waals surface area contributed by atoms with E-state index in [0.29, 0.717) is 88.5 Å². The number of carbonyl (C=O) groups excluding carboxylic acids is 4. The van der Waals surface area contributed by atoms with Crippen LogP contribution in [0, 0.1) is 23.2 Å².